The Hall–Kier alpha value is -2.36. The Morgan fingerprint density at radius 3 is 1.28 bits per heavy atom. The highest BCUT2D eigenvalue weighted by Crippen LogP contribution is 2.24. The molecule has 4 N–H and O–H groups in total. The molecule has 0 atom stereocenters. The Morgan fingerprint density at radius 1 is 0.667 bits per heavy atom. The number of benzene rings is 2. The minimum absolute atomic E-state index is 0.646. The zero-order valence-electron chi connectivity index (χ0n) is 10.6. The molecule has 4 nitrogen and oxygen atoms in total. The lowest BCUT2D eigenvalue weighted by Gasteiger charge is -2.04. The van der Waals surface area contributed by atoms with E-state index in [1.807, 2.05) is 36.4 Å². The van der Waals surface area contributed by atoms with E-state index in [0.717, 1.165) is 11.5 Å². The molecule has 2 rings (SSSR count). The third-order valence-corrected chi connectivity index (χ3v) is 2.28. The molecule has 0 unspecified atom stereocenters. The predicted molar refractivity (Wildman–Crippen MR) is 74.8 cm³/mol. The van der Waals surface area contributed by atoms with Gasteiger partial charge in [-0.05, 0) is 24.3 Å². The summed E-state index contributed by atoms with van der Waals surface area (Å²) in [5.74, 6) is 1.54. The van der Waals surface area contributed by atoms with E-state index in [4.69, 9.17) is 20.9 Å². The van der Waals surface area contributed by atoms with Gasteiger partial charge in [-0.3, -0.25) is 0 Å². The minimum Gasteiger partial charge on any atom is -0.493 e. The fourth-order valence-corrected chi connectivity index (χ4v) is 1.30. The summed E-state index contributed by atoms with van der Waals surface area (Å²) in [6.07, 6.45) is 0. The lowest BCUT2D eigenvalue weighted by molar-refractivity contribution is 0.355. The molecule has 0 amide bonds. The van der Waals surface area contributed by atoms with Crippen LogP contribution in [-0.2, 0) is 0 Å². The van der Waals surface area contributed by atoms with Crippen LogP contribution in [0.4, 0.5) is 11.4 Å². The number of ether oxygens (including phenoxy) is 2. The summed E-state index contributed by atoms with van der Waals surface area (Å²) in [4.78, 5) is 0. The van der Waals surface area contributed by atoms with Crippen molar-refractivity contribution >= 4 is 11.4 Å². The highest BCUT2D eigenvalue weighted by molar-refractivity contribution is 5.62. The van der Waals surface area contributed by atoms with Crippen molar-refractivity contribution in [3.63, 3.8) is 0 Å². The zero-order valence-corrected chi connectivity index (χ0v) is 10.6. The van der Waals surface area contributed by atoms with Gasteiger partial charge in [0.2, 0.25) is 0 Å². The van der Waals surface area contributed by atoms with Crippen LogP contribution in [0.5, 0.6) is 11.5 Å². The summed E-state index contributed by atoms with van der Waals surface area (Å²) in [6, 6.07) is 14.8. The van der Waals surface area contributed by atoms with E-state index in [-0.39, 0.29) is 0 Å². The van der Waals surface area contributed by atoms with Crippen molar-refractivity contribution in [3.8, 4) is 11.5 Å². The molecule has 0 saturated heterocycles. The van der Waals surface area contributed by atoms with E-state index in [0.29, 0.717) is 11.4 Å². The molecule has 0 aliphatic heterocycles. The number of hydrogen-bond acceptors (Lipinski definition) is 4. The van der Waals surface area contributed by atoms with Crippen LogP contribution in [-0.4, -0.2) is 14.2 Å². The summed E-state index contributed by atoms with van der Waals surface area (Å²) in [7, 11) is 3.25. The lowest BCUT2D eigenvalue weighted by atomic mass is 10.3. The largest absolute Gasteiger partial charge is 0.493 e. The fraction of sp³-hybridized carbons (Fsp3) is 0.143. The van der Waals surface area contributed by atoms with Gasteiger partial charge >= 0.3 is 0 Å². The lowest BCUT2D eigenvalue weighted by Crippen LogP contribution is -1.91. The van der Waals surface area contributed by atoms with E-state index in [1.165, 1.54) is 0 Å². The Kier molecular flexibility index (Phi) is 5.38. The monoisotopic (exact) mass is 246 g/mol. The van der Waals surface area contributed by atoms with Crippen LogP contribution >= 0.6 is 0 Å². The summed E-state index contributed by atoms with van der Waals surface area (Å²) in [5.41, 5.74) is 12.1. The van der Waals surface area contributed by atoms with Gasteiger partial charge in [0.1, 0.15) is 0 Å². The van der Waals surface area contributed by atoms with Gasteiger partial charge in [0.25, 0.3) is 0 Å². The second-order valence-electron chi connectivity index (χ2n) is 3.48. The zero-order chi connectivity index (χ0) is 13.4. The van der Waals surface area contributed by atoms with Gasteiger partial charge in [-0.25, -0.2) is 0 Å². The predicted octanol–water partition coefficient (Wildman–Crippen LogP) is 2.55. The summed E-state index contributed by atoms with van der Waals surface area (Å²) in [5, 5.41) is 0. The molecule has 4 heteroatoms. The third kappa shape index (κ3) is 3.90. The van der Waals surface area contributed by atoms with Gasteiger partial charge in [-0.1, -0.05) is 24.3 Å². The average molecular weight is 246 g/mol. The highest BCUT2D eigenvalue weighted by atomic mass is 16.5. The van der Waals surface area contributed by atoms with E-state index in [2.05, 4.69) is 0 Å². The molecular weight excluding hydrogens is 228 g/mol. The Bertz CT molecular complexity index is 443. The first-order chi connectivity index (χ1) is 8.69. The van der Waals surface area contributed by atoms with Crippen molar-refractivity contribution in [1.82, 2.24) is 0 Å². The Labute approximate surface area is 107 Å². The molecule has 0 bridgehead atoms. The summed E-state index contributed by atoms with van der Waals surface area (Å²) >= 11 is 0. The molecule has 0 fully saturated rings. The summed E-state index contributed by atoms with van der Waals surface area (Å²) < 4.78 is 10.0. The molecular formula is C14H18N2O2. The van der Waals surface area contributed by atoms with Crippen molar-refractivity contribution in [2.24, 2.45) is 0 Å². The smallest absolute Gasteiger partial charge is 0.160 e. The van der Waals surface area contributed by atoms with Crippen LogP contribution in [0.15, 0.2) is 48.5 Å². The topological polar surface area (TPSA) is 70.5 Å². The number of rotatable bonds is 2. The average Bonchev–Trinajstić information content (AvgIpc) is 2.42. The quantitative estimate of drug-likeness (QED) is 0.799. The highest BCUT2D eigenvalue weighted by Gasteiger charge is 1.97. The second kappa shape index (κ2) is 7.06. The van der Waals surface area contributed by atoms with Crippen LogP contribution in [0.25, 0.3) is 0 Å². The Balaban J connectivity index is 0.000000184. The fourth-order valence-electron chi connectivity index (χ4n) is 1.30. The van der Waals surface area contributed by atoms with E-state index in [1.54, 1.807) is 26.4 Å². The van der Waals surface area contributed by atoms with Crippen molar-refractivity contribution in [1.29, 1.82) is 0 Å². The number of nitrogens with two attached hydrogens (primary N) is 2. The maximum Gasteiger partial charge on any atom is 0.160 e. The molecule has 0 saturated carbocycles. The molecule has 96 valence electrons. The number of anilines is 2. The third-order valence-electron chi connectivity index (χ3n) is 2.28. The summed E-state index contributed by atoms with van der Waals surface area (Å²) in [6.45, 7) is 0. The van der Waals surface area contributed by atoms with E-state index in [9.17, 15) is 0 Å². The maximum atomic E-state index is 5.39. The van der Waals surface area contributed by atoms with E-state index < -0.39 is 0 Å². The molecule has 0 radical (unpaired) electrons. The molecule has 0 aromatic heterocycles. The number of nitrogen functional groups attached to an aromatic ring is 2. The van der Waals surface area contributed by atoms with Crippen LogP contribution < -0.4 is 20.9 Å². The number of para-hydroxylation sites is 4. The normalized spacial score (nSPS) is 9.00. The van der Waals surface area contributed by atoms with Gasteiger partial charge in [-0.15, -0.1) is 0 Å². The molecule has 18 heavy (non-hydrogen) atoms. The van der Waals surface area contributed by atoms with Crippen molar-refractivity contribution < 1.29 is 9.47 Å². The van der Waals surface area contributed by atoms with Crippen molar-refractivity contribution in [2.45, 2.75) is 0 Å². The van der Waals surface area contributed by atoms with Crippen molar-refractivity contribution in [3.05, 3.63) is 48.5 Å². The van der Waals surface area contributed by atoms with Gasteiger partial charge in [-0.2, -0.15) is 0 Å². The number of methoxy groups -OCH3 is 2. The van der Waals surface area contributed by atoms with Crippen LogP contribution in [0.3, 0.4) is 0 Å². The second-order valence-corrected chi connectivity index (χ2v) is 3.48. The molecule has 0 aliphatic carbocycles. The molecule has 2 aromatic rings. The molecule has 0 spiro atoms. The van der Waals surface area contributed by atoms with Gasteiger partial charge in [0.05, 0.1) is 25.6 Å². The minimum atomic E-state index is 0.646. The molecule has 0 heterocycles. The first-order valence-corrected chi connectivity index (χ1v) is 5.46. The SMILES string of the molecule is COc1ccccc1OC.Nc1ccccc1N. The van der Waals surface area contributed by atoms with Gasteiger partial charge in [0, 0.05) is 0 Å². The van der Waals surface area contributed by atoms with E-state index >= 15 is 0 Å². The van der Waals surface area contributed by atoms with Gasteiger partial charge < -0.3 is 20.9 Å². The first kappa shape index (κ1) is 13.7. The molecule has 2 aromatic carbocycles. The van der Waals surface area contributed by atoms with Crippen LogP contribution in [0, 0.1) is 0 Å². The maximum absolute atomic E-state index is 5.39. The van der Waals surface area contributed by atoms with Crippen LogP contribution in [0.2, 0.25) is 0 Å². The molecule has 0 aliphatic rings. The Morgan fingerprint density at radius 2 is 1.00 bits per heavy atom. The van der Waals surface area contributed by atoms with Crippen molar-refractivity contribution in [2.75, 3.05) is 25.7 Å². The number of hydrogen-bond donors (Lipinski definition) is 2. The standard InChI is InChI=1S/C8H10O2.C6H8N2/c1-9-7-5-3-4-6-8(7)10-2;7-5-3-1-2-4-6(5)8/h3-6H,1-2H3;1-4H,7-8H2. The first-order valence-electron chi connectivity index (χ1n) is 5.46. The van der Waals surface area contributed by atoms with Crippen LogP contribution in [0.1, 0.15) is 0 Å². The van der Waals surface area contributed by atoms with Gasteiger partial charge in [0.15, 0.2) is 11.5 Å².